The van der Waals surface area contributed by atoms with Crippen LogP contribution in [0.4, 0.5) is 5.82 Å². The molecule has 0 aliphatic heterocycles. The number of nitrogens with zero attached hydrogens (tertiary/aromatic N) is 1. The van der Waals surface area contributed by atoms with Gasteiger partial charge < -0.3 is 10.5 Å². The van der Waals surface area contributed by atoms with Crippen LogP contribution in [0.3, 0.4) is 0 Å². The molecule has 1 heterocycles. The number of ether oxygens (including phenoxy) is 1. The first-order valence-electron chi connectivity index (χ1n) is 5.85. The summed E-state index contributed by atoms with van der Waals surface area (Å²) in [5, 5.41) is 0. The minimum atomic E-state index is -0.454. The normalized spacial score (nSPS) is 12.8. The second-order valence-electron chi connectivity index (χ2n) is 4.37. The number of Topliss-reactive ketones (excluding diaryl/α,β-unsaturated/α-hetero) is 1. The van der Waals surface area contributed by atoms with E-state index in [1.54, 1.807) is 12.3 Å². The Bertz CT molecular complexity index is 382. The Morgan fingerprint density at radius 3 is 2.65 bits per heavy atom. The van der Waals surface area contributed by atoms with E-state index in [1.807, 2.05) is 27.7 Å². The second kappa shape index (κ2) is 5.77. The van der Waals surface area contributed by atoms with Crippen molar-refractivity contribution in [3.8, 4) is 0 Å². The Balaban J connectivity index is 3.09. The third kappa shape index (κ3) is 3.03. The maximum Gasteiger partial charge on any atom is 0.195 e. The fourth-order valence-electron chi connectivity index (χ4n) is 1.79. The van der Waals surface area contributed by atoms with Crippen LogP contribution in [0.2, 0.25) is 0 Å². The van der Waals surface area contributed by atoms with E-state index in [2.05, 4.69) is 4.98 Å². The number of aryl methyl sites for hydroxylation is 1. The lowest BCUT2D eigenvalue weighted by Crippen LogP contribution is -2.31. The van der Waals surface area contributed by atoms with Gasteiger partial charge in [0, 0.05) is 12.8 Å². The predicted octanol–water partition coefficient (Wildman–Crippen LogP) is 2.22. The van der Waals surface area contributed by atoms with E-state index >= 15 is 0 Å². The van der Waals surface area contributed by atoms with Gasteiger partial charge in [0.15, 0.2) is 5.78 Å². The molecule has 0 amide bonds. The van der Waals surface area contributed by atoms with Gasteiger partial charge >= 0.3 is 0 Å². The number of hydrogen-bond donors (Lipinski definition) is 1. The SMILES string of the molecule is CCOC(C(=O)c1c(C)ccnc1N)C(C)C. The van der Waals surface area contributed by atoms with Crippen molar-refractivity contribution in [2.75, 3.05) is 12.3 Å². The fourth-order valence-corrected chi connectivity index (χ4v) is 1.79. The monoisotopic (exact) mass is 236 g/mol. The molecule has 1 aromatic heterocycles. The molecule has 17 heavy (non-hydrogen) atoms. The van der Waals surface area contributed by atoms with Gasteiger partial charge in [0.05, 0.1) is 5.56 Å². The van der Waals surface area contributed by atoms with Gasteiger partial charge in [0.25, 0.3) is 0 Å². The van der Waals surface area contributed by atoms with Gasteiger partial charge in [0.2, 0.25) is 0 Å². The molecule has 94 valence electrons. The Hall–Kier alpha value is -1.42. The summed E-state index contributed by atoms with van der Waals surface area (Å²) in [6.45, 7) is 8.16. The highest BCUT2D eigenvalue weighted by atomic mass is 16.5. The van der Waals surface area contributed by atoms with Crippen LogP contribution in [0.1, 0.15) is 36.7 Å². The largest absolute Gasteiger partial charge is 0.383 e. The summed E-state index contributed by atoms with van der Waals surface area (Å²) in [6.07, 6.45) is 1.15. The van der Waals surface area contributed by atoms with E-state index in [0.717, 1.165) is 5.56 Å². The van der Waals surface area contributed by atoms with Crippen molar-refractivity contribution in [3.05, 3.63) is 23.4 Å². The van der Waals surface area contributed by atoms with Crippen LogP contribution in [0, 0.1) is 12.8 Å². The zero-order valence-corrected chi connectivity index (χ0v) is 10.9. The lowest BCUT2D eigenvalue weighted by atomic mass is 9.95. The summed E-state index contributed by atoms with van der Waals surface area (Å²) in [6, 6.07) is 1.78. The molecule has 0 saturated heterocycles. The van der Waals surface area contributed by atoms with Crippen LogP contribution in [-0.2, 0) is 4.74 Å². The molecule has 0 radical (unpaired) electrons. The number of hydrogen-bond acceptors (Lipinski definition) is 4. The molecule has 0 fully saturated rings. The Labute approximate surface area is 102 Å². The zero-order chi connectivity index (χ0) is 13.0. The third-order valence-corrected chi connectivity index (χ3v) is 2.65. The number of carbonyl (C=O) groups excluding carboxylic acids is 1. The highest BCUT2D eigenvalue weighted by molar-refractivity contribution is 6.04. The van der Waals surface area contributed by atoms with Gasteiger partial charge in [-0.1, -0.05) is 13.8 Å². The number of nitrogen functional groups attached to an aromatic ring is 1. The maximum absolute atomic E-state index is 12.4. The van der Waals surface area contributed by atoms with Gasteiger partial charge in [-0.3, -0.25) is 4.79 Å². The lowest BCUT2D eigenvalue weighted by Gasteiger charge is -2.20. The first-order valence-corrected chi connectivity index (χ1v) is 5.85. The minimum Gasteiger partial charge on any atom is -0.383 e. The zero-order valence-electron chi connectivity index (χ0n) is 10.9. The number of aromatic nitrogens is 1. The Kier molecular flexibility index (Phi) is 4.63. The lowest BCUT2D eigenvalue weighted by molar-refractivity contribution is 0.0279. The van der Waals surface area contributed by atoms with Gasteiger partial charge in [-0.2, -0.15) is 0 Å². The van der Waals surface area contributed by atoms with Crippen LogP contribution in [-0.4, -0.2) is 23.5 Å². The van der Waals surface area contributed by atoms with Crippen molar-refractivity contribution in [1.29, 1.82) is 0 Å². The molecule has 1 unspecified atom stereocenters. The molecule has 1 aromatic rings. The molecule has 0 aromatic carbocycles. The van der Waals surface area contributed by atoms with Crippen LogP contribution >= 0.6 is 0 Å². The van der Waals surface area contributed by atoms with E-state index in [4.69, 9.17) is 10.5 Å². The van der Waals surface area contributed by atoms with Gasteiger partial charge in [-0.05, 0) is 31.4 Å². The van der Waals surface area contributed by atoms with Crippen molar-refractivity contribution in [1.82, 2.24) is 4.98 Å². The molecule has 0 saturated carbocycles. The number of anilines is 1. The average Bonchev–Trinajstić information content (AvgIpc) is 2.24. The van der Waals surface area contributed by atoms with Crippen molar-refractivity contribution in [3.63, 3.8) is 0 Å². The standard InChI is InChI=1S/C13H20N2O2/c1-5-17-12(8(2)3)11(16)10-9(4)6-7-15-13(10)14/h6-8,12H,5H2,1-4H3,(H2,14,15). The maximum atomic E-state index is 12.4. The van der Waals surface area contributed by atoms with Crippen molar-refractivity contribution in [2.45, 2.75) is 33.8 Å². The van der Waals surface area contributed by atoms with Crippen molar-refractivity contribution < 1.29 is 9.53 Å². The first-order chi connectivity index (χ1) is 7.99. The molecule has 2 N–H and O–H groups in total. The molecule has 4 nitrogen and oxygen atoms in total. The summed E-state index contributed by atoms with van der Waals surface area (Å²) < 4.78 is 5.50. The highest BCUT2D eigenvalue weighted by Crippen LogP contribution is 2.20. The summed E-state index contributed by atoms with van der Waals surface area (Å²) in [7, 11) is 0. The fraction of sp³-hybridized carbons (Fsp3) is 0.538. The van der Waals surface area contributed by atoms with Crippen molar-refractivity contribution in [2.24, 2.45) is 5.92 Å². The summed E-state index contributed by atoms with van der Waals surface area (Å²) >= 11 is 0. The molecule has 0 aliphatic rings. The molecule has 0 bridgehead atoms. The molecule has 0 aliphatic carbocycles. The van der Waals surface area contributed by atoms with Gasteiger partial charge in [-0.25, -0.2) is 4.98 Å². The van der Waals surface area contributed by atoms with Crippen LogP contribution in [0.5, 0.6) is 0 Å². The average molecular weight is 236 g/mol. The van der Waals surface area contributed by atoms with Crippen LogP contribution in [0.25, 0.3) is 0 Å². The molecular weight excluding hydrogens is 216 g/mol. The highest BCUT2D eigenvalue weighted by Gasteiger charge is 2.26. The number of pyridine rings is 1. The molecule has 1 atom stereocenters. The van der Waals surface area contributed by atoms with E-state index in [-0.39, 0.29) is 17.5 Å². The number of ketones is 1. The predicted molar refractivity (Wildman–Crippen MR) is 68.0 cm³/mol. The topological polar surface area (TPSA) is 65.2 Å². The third-order valence-electron chi connectivity index (χ3n) is 2.65. The van der Waals surface area contributed by atoms with Crippen molar-refractivity contribution >= 4 is 11.6 Å². The molecule has 4 heteroatoms. The quantitative estimate of drug-likeness (QED) is 0.796. The van der Waals surface area contributed by atoms with Crippen LogP contribution < -0.4 is 5.73 Å². The molecule has 1 rings (SSSR count). The Morgan fingerprint density at radius 1 is 1.53 bits per heavy atom. The minimum absolute atomic E-state index is 0.0787. The second-order valence-corrected chi connectivity index (χ2v) is 4.37. The van der Waals surface area contributed by atoms with E-state index < -0.39 is 6.10 Å². The van der Waals surface area contributed by atoms with Gasteiger partial charge in [0.1, 0.15) is 11.9 Å². The van der Waals surface area contributed by atoms with E-state index in [1.165, 1.54) is 0 Å². The number of carbonyl (C=O) groups is 1. The van der Waals surface area contributed by atoms with Gasteiger partial charge in [-0.15, -0.1) is 0 Å². The summed E-state index contributed by atoms with van der Waals surface area (Å²) in [5.41, 5.74) is 7.10. The van der Waals surface area contributed by atoms with E-state index in [0.29, 0.717) is 12.2 Å². The van der Waals surface area contributed by atoms with Crippen LogP contribution in [0.15, 0.2) is 12.3 Å². The first kappa shape index (κ1) is 13.6. The Morgan fingerprint density at radius 2 is 2.18 bits per heavy atom. The number of nitrogens with two attached hydrogens (primary N) is 1. The summed E-state index contributed by atoms with van der Waals surface area (Å²) in [5.74, 6) is 0.312. The molecular formula is C13H20N2O2. The smallest absolute Gasteiger partial charge is 0.195 e. The van der Waals surface area contributed by atoms with E-state index in [9.17, 15) is 4.79 Å². The number of rotatable bonds is 5. The summed E-state index contributed by atoms with van der Waals surface area (Å²) in [4.78, 5) is 16.3. The molecule has 0 spiro atoms.